The zero-order chi connectivity index (χ0) is 13.3. The van der Waals surface area contributed by atoms with Gasteiger partial charge in [0, 0.05) is 37.2 Å². The molecule has 2 aliphatic rings. The van der Waals surface area contributed by atoms with Crippen molar-refractivity contribution in [2.24, 2.45) is 5.41 Å². The highest BCUT2D eigenvalue weighted by Gasteiger charge is 2.42. The highest BCUT2D eigenvalue weighted by molar-refractivity contribution is 5.56. The van der Waals surface area contributed by atoms with E-state index < -0.39 is 0 Å². The molecule has 1 heterocycles. The van der Waals surface area contributed by atoms with Crippen LogP contribution in [0.25, 0.3) is 0 Å². The van der Waals surface area contributed by atoms with Gasteiger partial charge in [0.05, 0.1) is 19.8 Å². The maximum Gasteiger partial charge on any atom is 0.163 e. The van der Waals surface area contributed by atoms with Crippen LogP contribution in [-0.4, -0.2) is 38.5 Å². The van der Waals surface area contributed by atoms with Gasteiger partial charge in [0.1, 0.15) is 0 Å². The topological polar surface area (TPSA) is 41.9 Å². The fourth-order valence-corrected chi connectivity index (χ4v) is 2.53. The molecule has 19 heavy (non-hydrogen) atoms. The van der Waals surface area contributed by atoms with E-state index in [9.17, 15) is 5.11 Å². The summed E-state index contributed by atoms with van der Waals surface area (Å²) < 4.78 is 11.3. The number of anilines is 1. The molecule has 1 fully saturated rings. The minimum Gasteiger partial charge on any atom is -0.490 e. The molecule has 104 valence electrons. The van der Waals surface area contributed by atoms with E-state index >= 15 is 0 Å². The van der Waals surface area contributed by atoms with E-state index in [0.29, 0.717) is 6.61 Å². The van der Waals surface area contributed by atoms with E-state index in [4.69, 9.17) is 9.47 Å². The zero-order valence-electron chi connectivity index (χ0n) is 11.4. The van der Waals surface area contributed by atoms with Crippen molar-refractivity contribution in [3.8, 4) is 11.5 Å². The molecule has 0 spiro atoms. The lowest BCUT2D eigenvalue weighted by molar-refractivity contribution is 0.215. The Balaban J connectivity index is 1.75. The lowest BCUT2D eigenvalue weighted by atomic mass is 10.1. The van der Waals surface area contributed by atoms with Gasteiger partial charge >= 0.3 is 0 Å². The van der Waals surface area contributed by atoms with Crippen molar-refractivity contribution in [3.63, 3.8) is 0 Å². The third-order valence-electron chi connectivity index (χ3n) is 4.04. The third-order valence-corrected chi connectivity index (χ3v) is 4.04. The number of rotatable bonds is 4. The second kappa shape index (κ2) is 4.93. The number of aliphatic hydroxyl groups is 1. The van der Waals surface area contributed by atoms with Gasteiger partial charge in [-0.05, 0) is 25.0 Å². The van der Waals surface area contributed by atoms with Crippen molar-refractivity contribution in [2.75, 3.05) is 38.3 Å². The molecule has 0 amide bonds. The normalized spacial score (nSPS) is 19.7. The average molecular weight is 263 g/mol. The van der Waals surface area contributed by atoms with E-state index in [1.54, 1.807) is 0 Å². The van der Waals surface area contributed by atoms with Gasteiger partial charge in [-0.25, -0.2) is 0 Å². The molecule has 0 atom stereocenters. The van der Waals surface area contributed by atoms with Gasteiger partial charge in [0.15, 0.2) is 11.5 Å². The lowest BCUT2D eigenvalue weighted by Crippen LogP contribution is -2.28. The molecule has 4 heteroatoms. The molecule has 0 saturated heterocycles. The quantitative estimate of drug-likeness (QED) is 0.903. The minimum atomic E-state index is 0.124. The van der Waals surface area contributed by atoms with Crippen LogP contribution in [-0.2, 0) is 0 Å². The summed E-state index contributed by atoms with van der Waals surface area (Å²) >= 11 is 0. The highest BCUT2D eigenvalue weighted by Crippen LogP contribution is 2.46. The van der Waals surface area contributed by atoms with Crippen molar-refractivity contribution in [3.05, 3.63) is 18.2 Å². The molecule has 1 saturated carbocycles. The third kappa shape index (κ3) is 2.63. The summed E-state index contributed by atoms with van der Waals surface area (Å²) in [6.45, 7) is 2.60. The molecule has 1 aliphatic heterocycles. The SMILES string of the molecule is CN(CC1(CO)CC1)c1ccc2c(c1)OCCCO2. The summed E-state index contributed by atoms with van der Waals surface area (Å²) in [4.78, 5) is 2.19. The van der Waals surface area contributed by atoms with Crippen molar-refractivity contribution in [2.45, 2.75) is 19.3 Å². The van der Waals surface area contributed by atoms with Crippen molar-refractivity contribution in [1.29, 1.82) is 0 Å². The molecule has 1 aromatic carbocycles. The number of fused-ring (bicyclic) bond motifs is 1. The van der Waals surface area contributed by atoms with Gasteiger partial charge in [-0.15, -0.1) is 0 Å². The minimum absolute atomic E-state index is 0.124. The number of benzene rings is 1. The summed E-state index contributed by atoms with van der Waals surface area (Å²) in [5.74, 6) is 1.66. The predicted molar refractivity (Wildman–Crippen MR) is 74.1 cm³/mol. The van der Waals surface area contributed by atoms with Crippen LogP contribution in [0.2, 0.25) is 0 Å². The second-order valence-electron chi connectivity index (χ2n) is 5.70. The number of hydrogen-bond acceptors (Lipinski definition) is 4. The molecule has 0 aromatic heterocycles. The van der Waals surface area contributed by atoms with Gasteiger partial charge in [-0.3, -0.25) is 0 Å². The van der Waals surface area contributed by atoms with Gasteiger partial charge < -0.3 is 19.5 Å². The molecule has 0 radical (unpaired) electrons. The van der Waals surface area contributed by atoms with Crippen molar-refractivity contribution < 1.29 is 14.6 Å². The Kier molecular flexibility index (Phi) is 3.27. The monoisotopic (exact) mass is 263 g/mol. The van der Waals surface area contributed by atoms with Crippen LogP contribution < -0.4 is 14.4 Å². The second-order valence-corrected chi connectivity index (χ2v) is 5.70. The van der Waals surface area contributed by atoms with Gasteiger partial charge in [-0.1, -0.05) is 0 Å². The molecule has 3 rings (SSSR count). The number of nitrogens with zero attached hydrogens (tertiary/aromatic N) is 1. The van der Waals surface area contributed by atoms with Crippen LogP contribution >= 0.6 is 0 Å². The largest absolute Gasteiger partial charge is 0.490 e. The van der Waals surface area contributed by atoms with Gasteiger partial charge in [0.25, 0.3) is 0 Å². The lowest BCUT2D eigenvalue weighted by Gasteiger charge is -2.25. The Hall–Kier alpha value is -1.42. The first-order chi connectivity index (χ1) is 9.22. The molecular formula is C15H21NO3. The summed E-state index contributed by atoms with van der Waals surface area (Å²) in [5.41, 5.74) is 1.24. The molecule has 0 unspecified atom stereocenters. The summed E-state index contributed by atoms with van der Waals surface area (Å²) in [5, 5.41) is 9.41. The standard InChI is InChI=1S/C15H21NO3/c1-16(10-15(11-17)5-6-15)12-3-4-13-14(9-12)19-8-2-7-18-13/h3-4,9,17H,2,5-8,10-11H2,1H3. The van der Waals surface area contributed by atoms with Crippen LogP contribution in [0.15, 0.2) is 18.2 Å². The maximum atomic E-state index is 9.41. The van der Waals surface area contributed by atoms with Crippen molar-refractivity contribution >= 4 is 5.69 Å². The van der Waals surface area contributed by atoms with Crippen LogP contribution in [0.5, 0.6) is 11.5 Å². The Bertz CT molecular complexity index is 457. The highest BCUT2D eigenvalue weighted by atomic mass is 16.5. The van der Waals surface area contributed by atoms with Gasteiger partial charge in [0.2, 0.25) is 0 Å². The first kappa shape index (κ1) is 12.6. The first-order valence-corrected chi connectivity index (χ1v) is 6.94. The Labute approximate surface area is 113 Å². The summed E-state index contributed by atoms with van der Waals surface area (Å²) in [7, 11) is 2.06. The van der Waals surface area contributed by atoms with Gasteiger partial charge in [-0.2, -0.15) is 0 Å². The Morgan fingerprint density at radius 1 is 1.21 bits per heavy atom. The number of aliphatic hydroxyl groups excluding tert-OH is 1. The molecule has 4 nitrogen and oxygen atoms in total. The molecule has 1 aromatic rings. The summed E-state index contributed by atoms with van der Waals surface area (Å²) in [6.07, 6.45) is 3.17. The fourth-order valence-electron chi connectivity index (χ4n) is 2.53. The van der Waals surface area contributed by atoms with E-state index in [-0.39, 0.29) is 12.0 Å². The fraction of sp³-hybridized carbons (Fsp3) is 0.600. The number of ether oxygens (including phenoxy) is 2. The molecule has 0 bridgehead atoms. The summed E-state index contributed by atoms with van der Waals surface area (Å²) in [6, 6.07) is 6.07. The first-order valence-electron chi connectivity index (χ1n) is 6.94. The van der Waals surface area contributed by atoms with Crippen LogP contribution in [0, 0.1) is 5.41 Å². The number of hydrogen-bond donors (Lipinski definition) is 1. The van der Waals surface area contributed by atoms with E-state index in [0.717, 1.165) is 49.6 Å². The van der Waals surface area contributed by atoms with Crippen molar-refractivity contribution in [1.82, 2.24) is 0 Å². The molecular weight excluding hydrogens is 242 g/mol. The van der Waals surface area contributed by atoms with E-state index in [1.807, 2.05) is 12.1 Å². The maximum absolute atomic E-state index is 9.41. The Morgan fingerprint density at radius 3 is 2.63 bits per heavy atom. The predicted octanol–water partition coefficient (Wildman–Crippen LogP) is 2.06. The van der Waals surface area contributed by atoms with Crippen LogP contribution in [0.1, 0.15) is 19.3 Å². The average Bonchev–Trinajstić information content (AvgIpc) is 3.21. The van der Waals surface area contributed by atoms with E-state index in [1.165, 1.54) is 0 Å². The molecule has 1 aliphatic carbocycles. The van der Waals surface area contributed by atoms with Crippen LogP contribution in [0.3, 0.4) is 0 Å². The Morgan fingerprint density at radius 2 is 1.95 bits per heavy atom. The smallest absolute Gasteiger partial charge is 0.163 e. The zero-order valence-corrected chi connectivity index (χ0v) is 11.4. The molecule has 1 N–H and O–H groups in total. The van der Waals surface area contributed by atoms with Crippen LogP contribution in [0.4, 0.5) is 5.69 Å². The van der Waals surface area contributed by atoms with E-state index in [2.05, 4.69) is 18.0 Å².